The Morgan fingerprint density at radius 2 is 1.86 bits per heavy atom. The first-order valence-corrected chi connectivity index (χ1v) is 6.79. The summed E-state index contributed by atoms with van der Waals surface area (Å²) in [6, 6.07) is 7.30. The molecule has 2 aromatic rings. The number of fused-ring (bicyclic) bond motifs is 1. The van der Waals surface area contributed by atoms with Crippen LogP contribution in [0.2, 0.25) is 0 Å². The summed E-state index contributed by atoms with van der Waals surface area (Å²) in [7, 11) is 0. The van der Waals surface area contributed by atoms with Crippen LogP contribution in [0.15, 0.2) is 36.5 Å². The Morgan fingerprint density at radius 1 is 1.18 bits per heavy atom. The third-order valence-electron chi connectivity index (χ3n) is 3.64. The van der Waals surface area contributed by atoms with Crippen molar-refractivity contribution in [2.75, 3.05) is 23.0 Å². The predicted octanol–water partition coefficient (Wildman–Crippen LogP) is 3.74. The third-order valence-corrected chi connectivity index (χ3v) is 3.64. The molecule has 0 unspecified atom stereocenters. The number of hydrogen-bond acceptors (Lipinski definition) is 4. The molecule has 1 aromatic heterocycles. The molecule has 0 saturated heterocycles. The Morgan fingerprint density at radius 3 is 2.45 bits per heavy atom. The van der Waals surface area contributed by atoms with Gasteiger partial charge in [0.2, 0.25) is 0 Å². The average Bonchev–Trinajstić information content (AvgIpc) is 2.86. The Bertz CT molecular complexity index is 685. The molecule has 0 aliphatic carbocycles. The number of nitrogens with zero attached hydrogens (tertiary/aromatic N) is 3. The number of aromatic nitrogens is 1. The maximum absolute atomic E-state index is 13.2. The number of phenolic OH excluding ortho intramolecular Hbond substituents is 1. The van der Waals surface area contributed by atoms with Crippen molar-refractivity contribution in [1.29, 1.82) is 0 Å². The van der Waals surface area contributed by atoms with Crippen LogP contribution in [0.1, 0.15) is 12.5 Å². The summed E-state index contributed by atoms with van der Waals surface area (Å²) in [4.78, 5) is 7.47. The molecule has 1 aromatic carbocycles. The van der Waals surface area contributed by atoms with Crippen LogP contribution in [-0.2, 0) is 6.18 Å². The molecule has 116 valence electrons. The van der Waals surface area contributed by atoms with Gasteiger partial charge < -0.3 is 14.9 Å². The van der Waals surface area contributed by atoms with Gasteiger partial charge in [0.1, 0.15) is 5.75 Å². The molecular formula is C15H14F3N3O. The summed E-state index contributed by atoms with van der Waals surface area (Å²) >= 11 is 0. The van der Waals surface area contributed by atoms with Gasteiger partial charge in [0, 0.05) is 18.4 Å². The summed E-state index contributed by atoms with van der Waals surface area (Å²) < 4.78 is 39.7. The van der Waals surface area contributed by atoms with Gasteiger partial charge in [-0.3, -0.25) is 0 Å². The van der Waals surface area contributed by atoms with E-state index in [1.807, 2.05) is 0 Å². The van der Waals surface area contributed by atoms with Crippen molar-refractivity contribution in [1.82, 2.24) is 4.98 Å². The number of aromatic hydroxyl groups is 1. The molecule has 3 rings (SSSR count). The van der Waals surface area contributed by atoms with E-state index in [4.69, 9.17) is 0 Å². The number of alkyl halides is 3. The third kappa shape index (κ3) is 2.32. The Balaban J connectivity index is 2.12. The van der Waals surface area contributed by atoms with Crippen LogP contribution in [0.5, 0.6) is 5.75 Å². The molecule has 1 aliphatic heterocycles. The standard InChI is InChI=1S/C15H14F3N3O/c1-2-20-9-21(10-3-5-11(22)6-4-10)14-13(20)12(7-8-19-14)15(16,17)18/h3-8,22H,2,9H2,1H3. The molecule has 0 saturated carbocycles. The van der Waals surface area contributed by atoms with Crippen molar-refractivity contribution in [3.8, 4) is 5.75 Å². The summed E-state index contributed by atoms with van der Waals surface area (Å²) in [6.07, 6.45) is -3.25. The molecule has 0 bridgehead atoms. The van der Waals surface area contributed by atoms with Crippen LogP contribution < -0.4 is 9.80 Å². The molecule has 1 N–H and O–H groups in total. The molecule has 22 heavy (non-hydrogen) atoms. The predicted molar refractivity (Wildman–Crippen MR) is 77.4 cm³/mol. The number of hydrogen-bond donors (Lipinski definition) is 1. The number of rotatable bonds is 2. The van der Waals surface area contributed by atoms with E-state index in [-0.39, 0.29) is 23.9 Å². The SMILES string of the molecule is CCN1CN(c2ccc(O)cc2)c2nccc(C(F)(F)F)c21. The van der Waals surface area contributed by atoms with E-state index in [9.17, 15) is 18.3 Å². The number of benzene rings is 1. The fraction of sp³-hybridized carbons (Fsp3) is 0.267. The lowest BCUT2D eigenvalue weighted by atomic mass is 10.2. The monoisotopic (exact) mass is 309 g/mol. The Hall–Kier alpha value is -2.44. The second kappa shape index (κ2) is 5.08. The zero-order valence-electron chi connectivity index (χ0n) is 11.8. The smallest absolute Gasteiger partial charge is 0.418 e. The fourth-order valence-corrected chi connectivity index (χ4v) is 2.58. The van der Waals surface area contributed by atoms with Crippen LogP contribution >= 0.6 is 0 Å². The first-order chi connectivity index (χ1) is 10.4. The highest BCUT2D eigenvalue weighted by molar-refractivity contribution is 5.82. The van der Waals surface area contributed by atoms with E-state index in [1.54, 1.807) is 28.9 Å². The Labute approximate surface area is 125 Å². The zero-order chi connectivity index (χ0) is 15.9. The molecule has 4 nitrogen and oxygen atoms in total. The number of pyridine rings is 1. The number of halogens is 3. The molecule has 0 fully saturated rings. The Kier molecular flexibility index (Phi) is 3.35. The molecule has 0 spiro atoms. The maximum Gasteiger partial charge on any atom is 0.418 e. The van der Waals surface area contributed by atoms with Crippen LogP contribution in [0, 0.1) is 0 Å². The lowest BCUT2D eigenvalue weighted by Crippen LogP contribution is -2.28. The van der Waals surface area contributed by atoms with Gasteiger partial charge in [-0.2, -0.15) is 13.2 Å². The summed E-state index contributed by atoms with van der Waals surface area (Å²) in [5.41, 5.74) is 0.105. The molecule has 7 heteroatoms. The van der Waals surface area contributed by atoms with Crippen LogP contribution in [-0.4, -0.2) is 23.3 Å². The normalized spacial score (nSPS) is 14.4. The molecule has 0 atom stereocenters. The minimum atomic E-state index is -4.43. The second-order valence-corrected chi connectivity index (χ2v) is 4.97. The van der Waals surface area contributed by atoms with Gasteiger partial charge in [-0.25, -0.2) is 4.98 Å². The first kappa shape index (κ1) is 14.5. The average molecular weight is 309 g/mol. The fourth-order valence-electron chi connectivity index (χ4n) is 2.58. The minimum Gasteiger partial charge on any atom is -0.508 e. The lowest BCUT2D eigenvalue weighted by molar-refractivity contribution is -0.137. The van der Waals surface area contributed by atoms with Gasteiger partial charge in [-0.1, -0.05) is 0 Å². The van der Waals surface area contributed by atoms with Crippen LogP contribution in [0.4, 0.5) is 30.4 Å². The molecule has 2 heterocycles. The summed E-state index contributed by atoms with van der Waals surface area (Å²) in [6.45, 7) is 2.53. The van der Waals surface area contributed by atoms with Gasteiger partial charge >= 0.3 is 6.18 Å². The highest BCUT2D eigenvalue weighted by Gasteiger charge is 2.40. The van der Waals surface area contributed by atoms with E-state index in [2.05, 4.69) is 4.98 Å². The van der Waals surface area contributed by atoms with E-state index < -0.39 is 11.7 Å². The minimum absolute atomic E-state index is 0.102. The van der Waals surface area contributed by atoms with Crippen molar-refractivity contribution < 1.29 is 18.3 Å². The number of phenols is 1. The highest BCUT2D eigenvalue weighted by Crippen LogP contribution is 2.46. The van der Waals surface area contributed by atoms with E-state index >= 15 is 0 Å². The molecular weight excluding hydrogens is 295 g/mol. The van der Waals surface area contributed by atoms with Gasteiger partial charge in [-0.05, 0) is 37.3 Å². The van der Waals surface area contributed by atoms with E-state index in [0.29, 0.717) is 12.2 Å². The molecule has 0 radical (unpaired) electrons. The highest BCUT2D eigenvalue weighted by atomic mass is 19.4. The van der Waals surface area contributed by atoms with Gasteiger partial charge in [-0.15, -0.1) is 0 Å². The molecule has 0 amide bonds. The van der Waals surface area contributed by atoms with Gasteiger partial charge in [0.25, 0.3) is 0 Å². The molecule has 1 aliphatic rings. The van der Waals surface area contributed by atoms with Crippen molar-refractivity contribution in [3.63, 3.8) is 0 Å². The quantitative estimate of drug-likeness (QED) is 0.917. The lowest BCUT2D eigenvalue weighted by Gasteiger charge is -2.20. The van der Waals surface area contributed by atoms with E-state index in [0.717, 1.165) is 6.07 Å². The topological polar surface area (TPSA) is 39.6 Å². The van der Waals surface area contributed by atoms with Crippen molar-refractivity contribution in [3.05, 3.63) is 42.1 Å². The number of anilines is 3. The van der Waals surface area contributed by atoms with Gasteiger partial charge in [0.05, 0.1) is 17.9 Å². The summed E-state index contributed by atoms with van der Waals surface area (Å²) in [5, 5.41) is 9.35. The first-order valence-electron chi connectivity index (χ1n) is 6.79. The van der Waals surface area contributed by atoms with Crippen molar-refractivity contribution in [2.45, 2.75) is 13.1 Å². The van der Waals surface area contributed by atoms with Crippen LogP contribution in [0.3, 0.4) is 0 Å². The van der Waals surface area contributed by atoms with Crippen molar-refractivity contribution in [2.24, 2.45) is 0 Å². The second-order valence-electron chi connectivity index (χ2n) is 4.97. The van der Waals surface area contributed by atoms with Crippen LogP contribution in [0.25, 0.3) is 0 Å². The summed E-state index contributed by atoms with van der Waals surface area (Å²) in [5.74, 6) is 0.384. The largest absolute Gasteiger partial charge is 0.508 e. The van der Waals surface area contributed by atoms with E-state index in [1.165, 1.54) is 18.3 Å². The van der Waals surface area contributed by atoms with Crippen molar-refractivity contribution >= 4 is 17.2 Å². The van der Waals surface area contributed by atoms with Gasteiger partial charge in [0.15, 0.2) is 5.82 Å². The maximum atomic E-state index is 13.2. The zero-order valence-corrected chi connectivity index (χ0v) is 11.8.